The van der Waals surface area contributed by atoms with E-state index >= 15 is 0 Å². The summed E-state index contributed by atoms with van der Waals surface area (Å²) < 4.78 is 10.6. The Morgan fingerprint density at radius 1 is 1.23 bits per heavy atom. The average Bonchev–Trinajstić information content (AvgIpc) is 2.93. The summed E-state index contributed by atoms with van der Waals surface area (Å²) in [5.41, 5.74) is 1.16. The van der Waals surface area contributed by atoms with Crippen molar-refractivity contribution in [2.24, 2.45) is 5.41 Å². The van der Waals surface area contributed by atoms with E-state index < -0.39 is 5.41 Å². The quantitative estimate of drug-likeness (QED) is 0.930. The molecule has 0 fully saturated rings. The zero-order valence-electron chi connectivity index (χ0n) is 13.4. The zero-order chi connectivity index (χ0) is 16.3. The fourth-order valence-corrected chi connectivity index (χ4v) is 2.46. The van der Waals surface area contributed by atoms with E-state index in [0.29, 0.717) is 10.9 Å². The first-order valence-corrected chi connectivity index (χ1v) is 7.72. The number of ether oxygens (including phenoxy) is 2. The molecule has 0 aliphatic rings. The van der Waals surface area contributed by atoms with Crippen LogP contribution in [0.15, 0.2) is 23.6 Å². The third-order valence-electron chi connectivity index (χ3n) is 3.09. The second-order valence-corrected chi connectivity index (χ2v) is 6.67. The molecular weight excluding hydrogens is 300 g/mol. The lowest BCUT2D eigenvalue weighted by Gasteiger charge is -2.15. The van der Waals surface area contributed by atoms with Gasteiger partial charge in [-0.3, -0.25) is 4.79 Å². The summed E-state index contributed by atoms with van der Waals surface area (Å²) in [6.45, 7) is 5.59. The van der Waals surface area contributed by atoms with Crippen LogP contribution in [0.3, 0.4) is 0 Å². The SMILES string of the molecule is COc1ccc(-c2csc(NC(=O)C(C)(C)C)n2)c(OC)c1. The average molecular weight is 320 g/mol. The molecule has 0 spiro atoms. The van der Waals surface area contributed by atoms with Gasteiger partial charge < -0.3 is 14.8 Å². The van der Waals surface area contributed by atoms with E-state index in [9.17, 15) is 4.79 Å². The number of nitrogens with zero attached hydrogens (tertiary/aromatic N) is 1. The lowest BCUT2D eigenvalue weighted by atomic mass is 9.96. The summed E-state index contributed by atoms with van der Waals surface area (Å²) >= 11 is 1.39. The minimum atomic E-state index is -0.455. The van der Waals surface area contributed by atoms with Crippen molar-refractivity contribution in [3.05, 3.63) is 23.6 Å². The van der Waals surface area contributed by atoms with Gasteiger partial charge >= 0.3 is 0 Å². The van der Waals surface area contributed by atoms with Gasteiger partial charge in [-0.2, -0.15) is 0 Å². The Hall–Kier alpha value is -2.08. The molecule has 1 heterocycles. The van der Waals surface area contributed by atoms with Crippen molar-refractivity contribution >= 4 is 22.4 Å². The minimum absolute atomic E-state index is 0.0601. The maximum Gasteiger partial charge on any atom is 0.231 e. The van der Waals surface area contributed by atoms with Crippen molar-refractivity contribution < 1.29 is 14.3 Å². The Kier molecular flexibility index (Phi) is 4.71. The molecule has 0 saturated heterocycles. The largest absolute Gasteiger partial charge is 0.497 e. The zero-order valence-corrected chi connectivity index (χ0v) is 14.2. The van der Waals surface area contributed by atoms with Gasteiger partial charge in [0.25, 0.3) is 0 Å². The van der Waals surface area contributed by atoms with Crippen LogP contribution >= 0.6 is 11.3 Å². The lowest BCUT2D eigenvalue weighted by Crippen LogP contribution is -2.27. The Bertz CT molecular complexity index is 674. The molecule has 5 nitrogen and oxygen atoms in total. The van der Waals surface area contributed by atoms with Crippen molar-refractivity contribution in [3.63, 3.8) is 0 Å². The van der Waals surface area contributed by atoms with Crippen molar-refractivity contribution in [1.29, 1.82) is 0 Å². The molecule has 0 unspecified atom stereocenters. The highest BCUT2D eigenvalue weighted by atomic mass is 32.1. The maximum absolute atomic E-state index is 12.0. The number of carbonyl (C=O) groups is 1. The van der Waals surface area contributed by atoms with Crippen LogP contribution in [-0.4, -0.2) is 25.1 Å². The molecule has 0 radical (unpaired) electrons. The van der Waals surface area contributed by atoms with Crippen LogP contribution in [0.25, 0.3) is 11.3 Å². The molecule has 2 aromatic rings. The highest BCUT2D eigenvalue weighted by molar-refractivity contribution is 7.14. The van der Waals surface area contributed by atoms with E-state index in [0.717, 1.165) is 17.0 Å². The predicted octanol–water partition coefficient (Wildman–Crippen LogP) is 3.81. The molecule has 1 aromatic heterocycles. The number of carbonyl (C=O) groups excluding carboxylic acids is 1. The standard InChI is InChI=1S/C16H20N2O3S/c1-16(2,3)14(19)18-15-17-12(9-22-15)11-7-6-10(20-4)8-13(11)21-5/h6-9H,1-5H3,(H,17,18,19). The molecule has 0 bridgehead atoms. The van der Waals surface area contributed by atoms with Gasteiger partial charge in [0.15, 0.2) is 5.13 Å². The van der Waals surface area contributed by atoms with Gasteiger partial charge in [-0.1, -0.05) is 20.8 Å². The van der Waals surface area contributed by atoms with E-state index in [2.05, 4.69) is 10.3 Å². The summed E-state index contributed by atoms with van der Waals surface area (Å²) in [4.78, 5) is 16.5. The van der Waals surface area contributed by atoms with E-state index in [4.69, 9.17) is 9.47 Å². The first kappa shape index (κ1) is 16.3. The molecule has 1 amide bonds. The Balaban J connectivity index is 2.27. The van der Waals surface area contributed by atoms with Crippen molar-refractivity contribution in [3.8, 4) is 22.8 Å². The summed E-state index contributed by atoms with van der Waals surface area (Å²) in [5.74, 6) is 1.34. The number of methoxy groups -OCH3 is 2. The number of hydrogen-bond donors (Lipinski definition) is 1. The molecule has 2 rings (SSSR count). The van der Waals surface area contributed by atoms with Crippen LogP contribution in [0.2, 0.25) is 0 Å². The second kappa shape index (κ2) is 6.36. The Morgan fingerprint density at radius 2 is 1.95 bits per heavy atom. The summed E-state index contributed by atoms with van der Waals surface area (Å²) in [6, 6.07) is 5.55. The Labute approximate surface area is 134 Å². The molecule has 0 atom stereocenters. The molecule has 0 saturated carbocycles. The monoisotopic (exact) mass is 320 g/mol. The van der Waals surface area contributed by atoms with Crippen LogP contribution in [0.4, 0.5) is 5.13 Å². The van der Waals surface area contributed by atoms with Gasteiger partial charge in [0, 0.05) is 22.4 Å². The molecule has 1 N–H and O–H groups in total. The topological polar surface area (TPSA) is 60.5 Å². The van der Waals surface area contributed by atoms with E-state index in [1.165, 1.54) is 11.3 Å². The number of thiazole rings is 1. The van der Waals surface area contributed by atoms with Crippen molar-refractivity contribution in [2.45, 2.75) is 20.8 Å². The molecule has 0 aliphatic heterocycles. The van der Waals surface area contributed by atoms with E-state index in [1.54, 1.807) is 14.2 Å². The van der Waals surface area contributed by atoms with E-state index in [-0.39, 0.29) is 5.91 Å². The third-order valence-corrected chi connectivity index (χ3v) is 3.85. The smallest absolute Gasteiger partial charge is 0.231 e. The third kappa shape index (κ3) is 3.57. The Morgan fingerprint density at radius 3 is 2.55 bits per heavy atom. The summed E-state index contributed by atoms with van der Waals surface area (Å²) in [7, 11) is 3.21. The van der Waals surface area contributed by atoms with Gasteiger partial charge in [-0.05, 0) is 12.1 Å². The maximum atomic E-state index is 12.0. The van der Waals surface area contributed by atoms with Gasteiger partial charge in [-0.15, -0.1) is 11.3 Å². The summed E-state index contributed by atoms with van der Waals surface area (Å²) in [5, 5.41) is 5.30. The van der Waals surface area contributed by atoms with Crippen LogP contribution in [0.1, 0.15) is 20.8 Å². The van der Waals surface area contributed by atoms with Crippen LogP contribution in [0.5, 0.6) is 11.5 Å². The van der Waals surface area contributed by atoms with Crippen LogP contribution in [-0.2, 0) is 4.79 Å². The van der Waals surface area contributed by atoms with Crippen LogP contribution < -0.4 is 14.8 Å². The fraction of sp³-hybridized carbons (Fsp3) is 0.375. The van der Waals surface area contributed by atoms with Gasteiger partial charge in [0.2, 0.25) is 5.91 Å². The molecule has 22 heavy (non-hydrogen) atoms. The fourth-order valence-electron chi connectivity index (χ4n) is 1.75. The van der Waals surface area contributed by atoms with Crippen molar-refractivity contribution in [2.75, 3.05) is 19.5 Å². The molecular formula is C16H20N2O3S. The predicted molar refractivity (Wildman–Crippen MR) is 88.7 cm³/mol. The number of benzene rings is 1. The van der Waals surface area contributed by atoms with Gasteiger partial charge in [0.1, 0.15) is 11.5 Å². The number of nitrogens with one attached hydrogen (secondary N) is 1. The first-order valence-electron chi connectivity index (χ1n) is 6.84. The number of hydrogen-bond acceptors (Lipinski definition) is 5. The molecule has 6 heteroatoms. The lowest BCUT2D eigenvalue weighted by molar-refractivity contribution is -0.123. The van der Waals surface area contributed by atoms with E-state index in [1.807, 2.05) is 44.4 Å². The number of amides is 1. The highest BCUT2D eigenvalue weighted by Gasteiger charge is 2.22. The van der Waals surface area contributed by atoms with Crippen molar-refractivity contribution in [1.82, 2.24) is 4.98 Å². The highest BCUT2D eigenvalue weighted by Crippen LogP contribution is 2.35. The number of aromatic nitrogens is 1. The second-order valence-electron chi connectivity index (χ2n) is 5.81. The first-order chi connectivity index (χ1) is 10.3. The minimum Gasteiger partial charge on any atom is -0.497 e. The molecule has 1 aromatic carbocycles. The molecule has 0 aliphatic carbocycles. The van der Waals surface area contributed by atoms with Gasteiger partial charge in [-0.25, -0.2) is 4.98 Å². The van der Waals surface area contributed by atoms with Gasteiger partial charge in [0.05, 0.1) is 19.9 Å². The number of anilines is 1. The normalized spacial score (nSPS) is 11.1. The summed E-state index contributed by atoms with van der Waals surface area (Å²) in [6.07, 6.45) is 0. The number of rotatable bonds is 4. The van der Waals surface area contributed by atoms with Crippen LogP contribution in [0, 0.1) is 5.41 Å². The molecule has 118 valence electrons.